The van der Waals surface area contributed by atoms with Crippen LogP contribution in [0.4, 0.5) is 5.69 Å². The number of carbonyl (C=O) groups excluding carboxylic acids is 1. The molecule has 5 nitrogen and oxygen atoms in total. The van der Waals surface area contributed by atoms with Gasteiger partial charge in [0, 0.05) is 36.2 Å². The largest absolute Gasteiger partial charge is 0.327 e. The Balaban J connectivity index is 1.58. The monoisotopic (exact) mass is 284 g/mol. The zero-order valence-corrected chi connectivity index (χ0v) is 11.9. The van der Waals surface area contributed by atoms with Crippen LogP contribution in [0.1, 0.15) is 25.7 Å². The maximum absolute atomic E-state index is 12.0. The Bertz CT molecular complexity index is 591. The van der Waals surface area contributed by atoms with Crippen molar-refractivity contribution in [3.8, 4) is 5.69 Å². The molecular weight excluding hydrogens is 264 g/mol. The van der Waals surface area contributed by atoms with Crippen molar-refractivity contribution in [3.05, 3.63) is 43.0 Å². The number of hydrogen-bond acceptors (Lipinski definition) is 3. The Hall–Kier alpha value is -2.14. The maximum atomic E-state index is 12.0. The Morgan fingerprint density at radius 1 is 1.33 bits per heavy atom. The molecule has 0 aliphatic heterocycles. The molecule has 1 saturated carbocycles. The van der Waals surface area contributed by atoms with E-state index in [-0.39, 0.29) is 11.9 Å². The lowest BCUT2D eigenvalue weighted by Crippen LogP contribution is -2.28. The van der Waals surface area contributed by atoms with Gasteiger partial charge in [0.1, 0.15) is 0 Å². The second kappa shape index (κ2) is 6.10. The standard InChI is InChI=1S/C16H20N4O/c17-15-3-1-2-12(15)10-16(21)19-13-4-6-14(7-5-13)20-9-8-18-11-20/h4-9,11-12,15H,1-3,10,17H2,(H,19,21)/t12-,15+/m0/s1. The van der Waals surface area contributed by atoms with Crippen LogP contribution in [0, 0.1) is 5.92 Å². The van der Waals surface area contributed by atoms with Gasteiger partial charge in [-0.1, -0.05) is 6.42 Å². The highest BCUT2D eigenvalue weighted by Gasteiger charge is 2.25. The number of nitrogens with two attached hydrogens (primary N) is 1. The van der Waals surface area contributed by atoms with Gasteiger partial charge in [0.15, 0.2) is 0 Å². The molecule has 1 aliphatic rings. The minimum atomic E-state index is 0.0488. The number of carbonyl (C=O) groups is 1. The van der Waals surface area contributed by atoms with Gasteiger partial charge in [-0.3, -0.25) is 4.79 Å². The van der Waals surface area contributed by atoms with Crippen LogP contribution < -0.4 is 11.1 Å². The summed E-state index contributed by atoms with van der Waals surface area (Å²) in [5.41, 5.74) is 7.84. The molecule has 3 N–H and O–H groups in total. The van der Waals surface area contributed by atoms with Gasteiger partial charge in [-0.25, -0.2) is 4.98 Å². The third-order valence-electron chi connectivity index (χ3n) is 4.12. The molecule has 2 atom stereocenters. The summed E-state index contributed by atoms with van der Waals surface area (Å²) in [4.78, 5) is 16.1. The molecule has 1 amide bonds. The molecule has 5 heteroatoms. The van der Waals surface area contributed by atoms with E-state index in [4.69, 9.17) is 5.73 Å². The summed E-state index contributed by atoms with van der Waals surface area (Å²) in [6.45, 7) is 0. The number of aromatic nitrogens is 2. The number of rotatable bonds is 4. The molecule has 1 aromatic carbocycles. The summed E-state index contributed by atoms with van der Waals surface area (Å²) in [5.74, 6) is 0.378. The van der Waals surface area contributed by atoms with Crippen LogP contribution in [0.3, 0.4) is 0 Å². The number of benzene rings is 1. The van der Waals surface area contributed by atoms with Crippen molar-refractivity contribution in [2.24, 2.45) is 11.7 Å². The average Bonchev–Trinajstić information content (AvgIpc) is 3.12. The van der Waals surface area contributed by atoms with Crippen molar-refractivity contribution in [2.75, 3.05) is 5.32 Å². The molecule has 3 rings (SSSR count). The summed E-state index contributed by atoms with van der Waals surface area (Å²) in [6, 6.07) is 7.90. The molecule has 1 aliphatic carbocycles. The van der Waals surface area contributed by atoms with Gasteiger partial charge >= 0.3 is 0 Å². The van der Waals surface area contributed by atoms with Crippen molar-refractivity contribution >= 4 is 11.6 Å². The summed E-state index contributed by atoms with van der Waals surface area (Å²) >= 11 is 0. The summed E-state index contributed by atoms with van der Waals surface area (Å²) in [5, 5.41) is 2.94. The molecule has 0 unspecified atom stereocenters. The second-order valence-corrected chi connectivity index (χ2v) is 5.62. The first kappa shape index (κ1) is 13.8. The molecule has 0 radical (unpaired) electrons. The Labute approximate surface area is 124 Å². The molecular formula is C16H20N4O. The Kier molecular flexibility index (Phi) is 4.01. The van der Waals surface area contributed by atoms with E-state index in [9.17, 15) is 4.79 Å². The highest BCUT2D eigenvalue weighted by atomic mass is 16.1. The van der Waals surface area contributed by atoms with Crippen LogP contribution in [0.5, 0.6) is 0 Å². The van der Waals surface area contributed by atoms with Crippen LogP contribution in [-0.2, 0) is 4.79 Å². The minimum absolute atomic E-state index is 0.0488. The highest BCUT2D eigenvalue weighted by molar-refractivity contribution is 5.91. The Morgan fingerprint density at radius 3 is 2.76 bits per heavy atom. The van der Waals surface area contributed by atoms with E-state index in [0.717, 1.165) is 30.6 Å². The first-order valence-corrected chi connectivity index (χ1v) is 7.36. The fourth-order valence-corrected chi connectivity index (χ4v) is 2.90. The minimum Gasteiger partial charge on any atom is -0.327 e. The first-order valence-electron chi connectivity index (χ1n) is 7.36. The molecule has 2 aromatic rings. The lowest BCUT2D eigenvalue weighted by Gasteiger charge is -2.14. The van der Waals surface area contributed by atoms with E-state index < -0.39 is 0 Å². The fourth-order valence-electron chi connectivity index (χ4n) is 2.90. The predicted molar refractivity (Wildman–Crippen MR) is 82.1 cm³/mol. The predicted octanol–water partition coefficient (Wildman–Crippen LogP) is 2.33. The van der Waals surface area contributed by atoms with Gasteiger partial charge in [0.2, 0.25) is 5.91 Å². The number of amides is 1. The zero-order chi connectivity index (χ0) is 14.7. The van der Waals surface area contributed by atoms with Gasteiger partial charge in [0.05, 0.1) is 6.33 Å². The van der Waals surface area contributed by atoms with Gasteiger partial charge in [-0.05, 0) is 43.0 Å². The van der Waals surface area contributed by atoms with Crippen LogP contribution in [0.25, 0.3) is 5.69 Å². The summed E-state index contributed by atoms with van der Waals surface area (Å²) < 4.78 is 1.92. The molecule has 1 aromatic heterocycles. The van der Waals surface area contributed by atoms with Gasteiger partial charge in [0.25, 0.3) is 0 Å². The Morgan fingerprint density at radius 2 is 2.14 bits per heavy atom. The summed E-state index contributed by atoms with van der Waals surface area (Å²) in [7, 11) is 0. The lowest BCUT2D eigenvalue weighted by molar-refractivity contribution is -0.117. The van der Waals surface area contributed by atoms with Crippen molar-refractivity contribution in [1.82, 2.24) is 9.55 Å². The van der Waals surface area contributed by atoms with Gasteiger partial charge in [-0.2, -0.15) is 0 Å². The third-order valence-corrected chi connectivity index (χ3v) is 4.12. The molecule has 1 heterocycles. The van der Waals surface area contributed by atoms with E-state index in [2.05, 4.69) is 10.3 Å². The molecule has 0 bridgehead atoms. The molecule has 0 saturated heterocycles. The van der Waals surface area contributed by atoms with Crippen LogP contribution in [0.15, 0.2) is 43.0 Å². The maximum Gasteiger partial charge on any atom is 0.224 e. The zero-order valence-electron chi connectivity index (χ0n) is 11.9. The lowest BCUT2D eigenvalue weighted by atomic mass is 10.00. The third kappa shape index (κ3) is 3.31. The average molecular weight is 284 g/mol. The number of anilines is 1. The van der Waals surface area contributed by atoms with Gasteiger partial charge in [-0.15, -0.1) is 0 Å². The first-order chi connectivity index (χ1) is 10.2. The molecule has 21 heavy (non-hydrogen) atoms. The smallest absolute Gasteiger partial charge is 0.224 e. The number of nitrogens with one attached hydrogen (secondary N) is 1. The van der Waals surface area contributed by atoms with E-state index in [1.54, 1.807) is 12.5 Å². The topological polar surface area (TPSA) is 72.9 Å². The fraction of sp³-hybridized carbons (Fsp3) is 0.375. The SMILES string of the molecule is N[C@@H]1CCC[C@H]1CC(=O)Nc1ccc(-n2ccnc2)cc1. The van der Waals surface area contributed by atoms with E-state index in [0.29, 0.717) is 12.3 Å². The van der Waals surface area contributed by atoms with E-state index in [1.807, 2.05) is 35.0 Å². The van der Waals surface area contributed by atoms with Crippen molar-refractivity contribution < 1.29 is 4.79 Å². The quantitative estimate of drug-likeness (QED) is 0.905. The van der Waals surface area contributed by atoms with Crippen molar-refractivity contribution in [2.45, 2.75) is 31.7 Å². The van der Waals surface area contributed by atoms with Crippen LogP contribution in [0.2, 0.25) is 0 Å². The molecule has 0 spiro atoms. The normalized spacial score (nSPS) is 21.4. The van der Waals surface area contributed by atoms with Crippen LogP contribution in [-0.4, -0.2) is 21.5 Å². The van der Waals surface area contributed by atoms with Crippen molar-refractivity contribution in [3.63, 3.8) is 0 Å². The molecule has 110 valence electrons. The molecule has 1 fully saturated rings. The van der Waals surface area contributed by atoms with E-state index >= 15 is 0 Å². The van der Waals surface area contributed by atoms with Crippen molar-refractivity contribution in [1.29, 1.82) is 0 Å². The van der Waals surface area contributed by atoms with Gasteiger partial charge < -0.3 is 15.6 Å². The number of hydrogen-bond donors (Lipinski definition) is 2. The number of nitrogens with zero attached hydrogens (tertiary/aromatic N) is 2. The van der Waals surface area contributed by atoms with E-state index in [1.165, 1.54) is 0 Å². The summed E-state index contributed by atoms with van der Waals surface area (Å²) in [6.07, 6.45) is 9.12. The number of imidazole rings is 1. The highest BCUT2D eigenvalue weighted by Crippen LogP contribution is 2.27. The van der Waals surface area contributed by atoms with Crippen LogP contribution >= 0.6 is 0 Å². The second-order valence-electron chi connectivity index (χ2n) is 5.62.